The van der Waals surface area contributed by atoms with Gasteiger partial charge >= 0.3 is 5.97 Å². The second-order valence-electron chi connectivity index (χ2n) is 20.0. The van der Waals surface area contributed by atoms with Crippen molar-refractivity contribution in [2.75, 3.05) is 35.5 Å². The minimum Gasteiger partial charge on any atom is -0.507 e. The molecule has 16 heteroatoms. The maximum atomic E-state index is 13.3. The number of nitrogen functional groups attached to an aromatic ring is 2. The number of phenols is 2. The van der Waals surface area contributed by atoms with E-state index >= 15 is 0 Å². The number of esters is 1. The molecule has 400 valence electrons. The molecule has 6 N–H and O–H groups in total. The van der Waals surface area contributed by atoms with Crippen molar-refractivity contribution in [3.05, 3.63) is 237 Å². The summed E-state index contributed by atoms with van der Waals surface area (Å²) in [4.78, 5) is 79.7. The number of hydrogen-bond acceptors (Lipinski definition) is 15. The van der Waals surface area contributed by atoms with E-state index in [1.165, 1.54) is 36.4 Å². The Labute approximate surface area is 464 Å². The molecule has 0 atom stereocenters. The van der Waals surface area contributed by atoms with Crippen molar-refractivity contribution in [2.24, 2.45) is 5.10 Å². The van der Waals surface area contributed by atoms with E-state index in [1.54, 1.807) is 91.0 Å². The van der Waals surface area contributed by atoms with Crippen LogP contribution < -0.4 is 30.8 Å². The Balaban J connectivity index is 0.000000191. The van der Waals surface area contributed by atoms with Crippen LogP contribution in [0.4, 0.5) is 22.7 Å². The summed E-state index contributed by atoms with van der Waals surface area (Å²) < 4.78 is 16.8. The molecule has 0 saturated heterocycles. The molecule has 2 heterocycles. The number of amides is 1. The number of carbonyl (C=O) groups is 6. The first-order valence-electron chi connectivity index (χ1n) is 25.5. The first-order chi connectivity index (χ1) is 38.9. The van der Waals surface area contributed by atoms with Crippen LogP contribution in [0.1, 0.15) is 100 Å². The molecule has 0 aromatic heterocycles. The van der Waals surface area contributed by atoms with Crippen LogP contribution in [0.3, 0.4) is 0 Å². The minimum atomic E-state index is -0.492. The molecular weight excluding hydrogens is 1030 g/mol. The quantitative estimate of drug-likeness (QED) is 0.0479. The highest BCUT2D eigenvalue weighted by Gasteiger charge is 2.40. The van der Waals surface area contributed by atoms with E-state index in [9.17, 15) is 39.0 Å². The molecule has 0 unspecified atom stereocenters. The maximum Gasteiger partial charge on any atom is 0.337 e. The lowest BCUT2D eigenvalue weighted by molar-refractivity contribution is -0.114. The van der Waals surface area contributed by atoms with Gasteiger partial charge in [0.1, 0.15) is 23.0 Å². The number of likely N-dealkylation sites (N-methyl/N-ethyl adjacent to an activating group) is 1. The smallest absolute Gasteiger partial charge is 0.337 e. The molecule has 0 bridgehead atoms. The van der Waals surface area contributed by atoms with Crippen molar-refractivity contribution in [2.45, 2.75) is 26.2 Å². The lowest BCUT2D eigenvalue weighted by Crippen LogP contribution is -2.23. The number of hydrogen-bond donors (Lipinski definition) is 4. The number of ketones is 4. The molecule has 2 aliphatic heterocycles. The summed E-state index contributed by atoms with van der Waals surface area (Å²) in [5.41, 5.74) is 19.7. The van der Waals surface area contributed by atoms with E-state index in [0.29, 0.717) is 28.3 Å². The van der Waals surface area contributed by atoms with Gasteiger partial charge in [0.05, 0.1) is 63.3 Å². The molecule has 81 heavy (non-hydrogen) atoms. The van der Waals surface area contributed by atoms with E-state index in [0.717, 1.165) is 33.8 Å². The number of ether oxygens (including phenoxy) is 3. The van der Waals surface area contributed by atoms with Gasteiger partial charge in [-0.25, -0.2) is 4.79 Å². The van der Waals surface area contributed by atoms with Crippen molar-refractivity contribution < 1.29 is 53.2 Å². The summed E-state index contributed by atoms with van der Waals surface area (Å²) in [6.07, 6.45) is 3.81. The molecule has 2 aliphatic carbocycles. The highest BCUT2D eigenvalue weighted by atomic mass is 16.5. The van der Waals surface area contributed by atoms with Crippen molar-refractivity contribution >= 4 is 63.5 Å². The average molecular weight is 1080 g/mol. The number of phenolic OH excluding ortho intramolecular Hbond substituents is 2. The van der Waals surface area contributed by atoms with Gasteiger partial charge in [0, 0.05) is 58.2 Å². The van der Waals surface area contributed by atoms with Crippen LogP contribution in [-0.2, 0) is 14.9 Å². The first kappa shape index (κ1) is 52.2. The fourth-order valence-electron chi connectivity index (χ4n) is 10.6. The average Bonchev–Trinajstić information content (AvgIpc) is 3.72. The van der Waals surface area contributed by atoms with Crippen molar-refractivity contribution in [1.29, 1.82) is 0 Å². The standard InChI is InChI=1S/C40H24N2O8.C25H25N3O3/c41-35-29(17-27(43)31-33(35)39(47)25-7-3-1-5-23(25)37(31)45)49-21-13-9-19(10-14-21)20-11-15-22(16-12-20)50-30-18-28(44)32-34(36(30)42)40(48)26-8-4-2-6-24(26)38(32)46;1-16-19(23(29)28(26-16)18-9-7-6-8-10-18)12-14-22-25(2,3)20-15-17(24(30)31-5)11-13-21(20)27(22)4/h1-18,43-44H,41-42H2;6-15H,1-5H3/b;19-12+,22-14-. The van der Waals surface area contributed by atoms with Gasteiger partial charge in [-0.2, -0.15) is 10.1 Å². The summed E-state index contributed by atoms with van der Waals surface area (Å²) in [5, 5.41) is 27.3. The molecule has 0 spiro atoms. The van der Waals surface area contributed by atoms with Crippen LogP contribution in [0.2, 0.25) is 0 Å². The van der Waals surface area contributed by atoms with E-state index in [-0.39, 0.29) is 84.7 Å². The molecular formula is C65H49N5O11. The number of benzene rings is 8. The number of nitrogens with two attached hydrogens (primary N) is 2. The molecule has 0 radical (unpaired) electrons. The Morgan fingerprint density at radius 2 is 1.02 bits per heavy atom. The molecule has 4 aliphatic rings. The Morgan fingerprint density at radius 3 is 1.48 bits per heavy atom. The zero-order chi connectivity index (χ0) is 57.2. The van der Waals surface area contributed by atoms with Crippen molar-refractivity contribution in [1.82, 2.24) is 0 Å². The van der Waals surface area contributed by atoms with Crippen LogP contribution in [0, 0.1) is 0 Å². The molecule has 8 aromatic carbocycles. The van der Waals surface area contributed by atoms with Crippen LogP contribution >= 0.6 is 0 Å². The summed E-state index contributed by atoms with van der Waals surface area (Å²) in [5.74, 6) is -2.47. The number of carbonyl (C=O) groups excluding carboxylic acids is 6. The molecule has 12 rings (SSSR count). The molecule has 8 aromatic rings. The van der Waals surface area contributed by atoms with Gasteiger partial charge in [0.15, 0.2) is 34.6 Å². The normalized spacial score (nSPS) is 15.5. The summed E-state index contributed by atoms with van der Waals surface area (Å²) in [6, 6.07) is 44.1. The summed E-state index contributed by atoms with van der Waals surface area (Å²) in [6.45, 7) is 6.05. The Morgan fingerprint density at radius 1 is 0.580 bits per heavy atom. The van der Waals surface area contributed by atoms with Gasteiger partial charge in [-0.1, -0.05) is 105 Å². The van der Waals surface area contributed by atoms with Gasteiger partial charge in [0.25, 0.3) is 5.91 Å². The highest BCUT2D eigenvalue weighted by Crippen LogP contribution is 2.48. The number of aromatic hydroxyl groups is 2. The number of hydrazone groups is 1. The Bertz CT molecular complexity index is 3970. The predicted molar refractivity (Wildman–Crippen MR) is 306 cm³/mol. The number of rotatable bonds is 8. The third-order valence-corrected chi connectivity index (χ3v) is 14.8. The maximum absolute atomic E-state index is 13.3. The lowest BCUT2D eigenvalue weighted by atomic mass is 9.82. The van der Waals surface area contributed by atoms with Crippen LogP contribution in [-0.4, -0.2) is 65.1 Å². The van der Waals surface area contributed by atoms with E-state index in [4.69, 9.17) is 25.7 Å². The SMILES string of the molecule is COC(=O)c1ccc2c(c1)C(C)(C)/C(=C/C=C1/C(=O)N(c3ccccc3)N=C1C)N2C.Nc1c(Oc2ccc(-c3ccc(Oc4cc(O)c5c(c4N)C(=O)c4ccccc4C5=O)cc3)cc2)cc(O)c2c1C(=O)c1ccccc1C2=O. The largest absolute Gasteiger partial charge is 0.507 e. The van der Waals surface area contributed by atoms with Gasteiger partial charge < -0.3 is 40.8 Å². The van der Waals surface area contributed by atoms with Crippen molar-refractivity contribution in [3.8, 4) is 45.6 Å². The molecule has 1 amide bonds. The number of fused-ring (bicyclic) bond motifs is 5. The third kappa shape index (κ3) is 8.90. The van der Waals surface area contributed by atoms with E-state index in [1.807, 2.05) is 68.6 Å². The van der Waals surface area contributed by atoms with E-state index in [2.05, 4.69) is 23.8 Å². The zero-order valence-electron chi connectivity index (χ0n) is 44.2. The fraction of sp³-hybridized carbons (Fsp3) is 0.0923. The summed E-state index contributed by atoms with van der Waals surface area (Å²) >= 11 is 0. The second kappa shape index (κ2) is 20.2. The monoisotopic (exact) mass is 1080 g/mol. The third-order valence-electron chi connectivity index (χ3n) is 14.8. The van der Waals surface area contributed by atoms with Gasteiger partial charge in [-0.05, 0) is 90.4 Å². The van der Waals surface area contributed by atoms with Crippen LogP contribution in [0.25, 0.3) is 11.1 Å². The topological polar surface area (TPSA) is 241 Å². The highest BCUT2D eigenvalue weighted by molar-refractivity contribution is 6.33. The zero-order valence-corrected chi connectivity index (χ0v) is 44.2. The number of para-hydroxylation sites is 1. The molecule has 0 fully saturated rings. The van der Waals surface area contributed by atoms with Gasteiger partial charge in [0.2, 0.25) is 0 Å². The van der Waals surface area contributed by atoms with Gasteiger partial charge in [-0.3, -0.25) is 24.0 Å². The number of allylic oxidation sites excluding steroid dienone is 3. The second-order valence-corrected chi connectivity index (χ2v) is 20.0. The van der Waals surface area contributed by atoms with E-state index < -0.39 is 34.6 Å². The van der Waals surface area contributed by atoms with Crippen LogP contribution in [0.5, 0.6) is 34.5 Å². The first-order valence-corrected chi connectivity index (χ1v) is 25.5. The van der Waals surface area contributed by atoms with Crippen LogP contribution in [0.15, 0.2) is 186 Å². The van der Waals surface area contributed by atoms with Gasteiger partial charge in [-0.15, -0.1) is 0 Å². The Hall–Kier alpha value is -10.9. The molecule has 0 saturated carbocycles. The summed E-state index contributed by atoms with van der Waals surface area (Å²) in [7, 11) is 3.37. The number of nitrogens with zero attached hydrogens (tertiary/aromatic N) is 3. The lowest BCUT2D eigenvalue weighted by Gasteiger charge is -2.23. The number of methoxy groups -OCH3 is 1. The minimum absolute atomic E-state index is 0.0267. The van der Waals surface area contributed by atoms with Crippen molar-refractivity contribution in [3.63, 3.8) is 0 Å². The fourth-order valence-corrected chi connectivity index (χ4v) is 10.6. The molecule has 16 nitrogen and oxygen atoms in total. The number of anilines is 4. The predicted octanol–water partition coefficient (Wildman–Crippen LogP) is 11.5. The Kier molecular flexibility index (Phi) is 13.0.